The number of nitrogens with zero attached hydrogens (tertiary/aromatic N) is 1. The van der Waals surface area contributed by atoms with Crippen LogP contribution in [-0.4, -0.2) is 36.2 Å². The minimum Gasteiger partial charge on any atom is -0.482 e. The van der Waals surface area contributed by atoms with Crippen LogP contribution < -0.4 is 10.1 Å². The second-order valence-electron chi connectivity index (χ2n) is 6.14. The number of benzene rings is 1. The molecule has 1 aromatic carbocycles. The van der Waals surface area contributed by atoms with Gasteiger partial charge < -0.3 is 14.8 Å². The quantitative estimate of drug-likeness (QED) is 0.491. The van der Waals surface area contributed by atoms with Crippen molar-refractivity contribution in [3.05, 3.63) is 34.4 Å². The molecule has 7 heteroatoms. The summed E-state index contributed by atoms with van der Waals surface area (Å²) in [5, 5.41) is 14.0. The number of nitro benzene ring substituents is 1. The zero-order chi connectivity index (χ0) is 16.9. The van der Waals surface area contributed by atoms with Crippen LogP contribution in [0.4, 0.5) is 5.69 Å². The van der Waals surface area contributed by atoms with E-state index < -0.39 is 16.5 Å². The van der Waals surface area contributed by atoms with E-state index in [4.69, 9.17) is 9.47 Å². The molecule has 0 radical (unpaired) electrons. The summed E-state index contributed by atoms with van der Waals surface area (Å²) in [6, 6.07) is 5.73. The molecule has 1 heterocycles. The van der Waals surface area contributed by atoms with E-state index in [-0.39, 0.29) is 18.0 Å². The van der Waals surface area contributed by atoms with E-state index in [2.05, 4.69) is 5.32 Å². The molecule has 1 N–H and O–H groups in total. The average Bonchev–Trinajstić information content (AvgIpc) is 2.53. The number of piperidine rings is 1. The zero-order valence-corrected chi connectivity index (χ0v) is 13.4. The van der Waals surface area contributed by atoms with Gasteiger partial charge in [-0.15, -0.1) is 0 Å². The molecule has 126 valence electrons. The van der Waals surface area contributed by atoms with Gasteiger partial charge in [-0.1, -0.05) is 6.07 Å². The van der Waals surface area contributed by atoms with Crippen LogP contribution in [-0.2, 0) is 9.53 Å². The fraction of sp³-hybridized carbons (Fsp3) is 0.562. The largest absolute Gasteiger partial charge is 0.482 e. The first-order valence-corrected chi connectivity index (χ1v) is 7.68. The molecule has 0 atom stereocenters. The SMILES string of the molecule is CC(C)(OC(=O)COc1cccc([N+](=O)[O-])c1)C1CCNCC1. The summed E-state index contributed by atoms with van der Waals surface area (Å²) in [6.45, 7) is 5.41. The van der Waals surface area contributed by atoms with Gasteiger partial charge in [0.15, 0.2) is 6.61 Å². The van der Waals surface area contributed by atoms with E-state index in [1.807, 2.05) is 13.8 Å². The fourth-order valence-corrected chi connectivity index (χ4v) is 2.75. The Labute approximate surface area is 135 Å². The molecule has 0 spiro atoms. The third-order valence-electron chi connectivity index (χ3n) is 4.08. The Hall–Kier alpha value is -2.15. The molecule has 23 heavy (non-hydrogen) atoms. The number of nitrogens with one attached hydrogen (secondary N) is 1. The van der Waals surface area contributed by atoms with Crippen molar-refractivity contribution in [1.82, 2.24) is 5.32 Å². The van der Waals surface area contributed by atoms with Crippen LogP contribution in [0.5, 0.6) is 5.75 Å². The standard InChI is InChI=1S/C16H22N2O5/c1-16(2,12-6-8-17-9-7-12)23-15(19)11-22-14-5-3-4-13(10-14)18(20)21/h3-5,10,12,17H,6-9,11H2,1-2H3. The lowest BCUT2D eigenvalue weighted by molar-refractivity contribution is -0.384. The summed E-state index contributed by atoms with van der Waals surface area (Å²) in [7, 11) is 0. The molecule has 1 fully saturated rings. The number of esters is 1. The predicted octanol–water partition coefficient (Wildman–Crippen LogP) is 2.29. The van der Waals surface area contributed by atoms with Crippen molar-refractivity contribution >= 4 is 11.7 Å². The number of non-ortho nitro benzene ring substituents is 1. The third kappa shape index (κ3) is 4.92. The highest BCUT2D eigenvalue weighted by molar-refractivity contribution is 5.71. The van der Waals surface area contributed by atoms with Crippen LogP contribution >= 0.6 is 0 Å². The van der Waals surface area contributed by atoms with E-state index >= 15 is 0 Å². The Morgan fingerprint density at radius 3 is 2.74 bits per heavy atom. The van der Waals surface area contributed by atoms with Crippen LogP contribution in [0.15, 0.2) is 24.3 Å². The Morgan fingerprint density at radius 2 is 2.09 bits per heavy atom. The third-order valence-corrected chi connectivity index (χ3v) is 4.08. The van der Waals surface area contributed by atoms with Crippen molar-refractivity contribution < 1.29 is 19.2 Å². The van der Waals surface area contributed by atoms with Gasteiger partial charge in [-0.25, -0.2) is 4.79 Å². The Balaban J connectivity index is 1.87. The monoisotopic (exact) mass is 322 g/mol. The molecule has 0 bridgehead atoms. The number of carbonyl (C=O) groups is 1. The highest BCUT2D eigenvalue weighted by atomic mass is 16.6. The molecule has 1 aromatic rings. The lowest BCUT2D eigenvalue weighted by atomic mass is 9.83. The molecular formula is C16H22N2O5. The molecular weight excluding hydrogens is 300 g/mol. The summed E-state index contributed by atoms with van der Waals surface area (Å²) in [4.78, 5) is 22.2. The average molecular weight is 322 g/mol. The second-order valence-corrected chi connectivity index (χ2v) is 6.14. The topological polar surface area (TPSA) is 90.7 Å². The first-order valence-electron chi connectivity index (χ1n) is 7.68. The van der Waals surface area contributed by atoms with Crippen molar-refractivity contribution in [2.45, 2.75) is 32.3 Å². The number of rotatable bonds is 6. The van der Waals surface area contributed by atoms with Crippen LogP contribution in [0.2, 0.25) is 0 Å². The Morgan fingerprint density at radius 1 is 1.39 bits per heavy atom. The van der Waals surface area contributed by atoms with Crippen LogP contribution in [0.1, 0.15) is 26.7 Å². The molecule has 0 aliphatic carbocycles. The summed E-state index contributed by atoms with van der Waals surface area (Å²) in [5.74, 6) is 0.112. The molecule has 0 aromatic heterocycles. The van der Waals surface area contributed by atoms with Crippen LogP contribution in [0.3, 0.4) is 0 Å². The van der Waals surface area contributed by atoms with Gasteiger partial charge in [0, 0.05) is 12.0 Å². The van der Waals surface area contributed by atoms with E-state index in [9.17, 15) is 14.9 Å². The van der Waals surface area contributed by atoms with Crippen molar-refractivity contribution in [3.63, 3.8) is 0 Å². The normalized spacial score (nSPS) is 15.9. The van der Waals surface area contributed by atoms with E-state index in [1.165, 1.54) is 18.2 Å². The maximum absolute atomic E-state index is 12.0. The molecule has 1 aliphatic heterocycles. The predicted molar refractivity (Wildman–Crippen MR) is 84.4 cm³/mol. The Bertz CT molecular complexity index is 567. The molecule has 0 saturated carbocycles. The van der Waals surface area contributed by atoms with Gasteiger partial charge >= 0.3 is 5.97 Å². The molecule has 1 aliphatic rings. The van der Waals surface area contributed by atoms with Crippen molar-refractivity contribution in [2.24, 2.45) is 5.92 Å². The van der Waals surface area contributed by atoms with E-state index in [1.54, 1.807) is 6.07 Å². The van der Waals surface area contributed by atoms with Crippen molar-refractivity contribution in [2.75, 3.05) is 19.7 Å². The summed E-state index contributed by atoms with van der Waals surface area (Å²) in [5.41, 5.74) is -0.628. The zero-order valence-electron chi connectivity index (χ0n) is 13.4. The van der Waals surface area contributed by atoms with Crippen LogP contribution in [0, 0.1) is 16.0 Å². The van der Waals surface area contributed by atoms with Gasteiger partial charge in [-0.3, -0.25) is 10.1 Å². The molecule has 1 saturated heterocycles. The number of hydrogen-bond donors (Lipinski definition) is 1. The maximum Gasteiger partial charge on any atom is 0.344 e. The van der Waals surface area contributed by atoms with Gasteiger partial charge in [-0.2, -0.15) is 0 Å². The number of nitro groups is 1. The lowest BCUT2D eigenvalue weighted by Crippen LogP contribution is -2.43. The van der Waals surface area contributed by atoms with Gasteiger partial charge in [0.05, 0.1) is 11.0 Å². The van der Waals surface area contributed by atoms with Crippen LogP contribution in [0.25, 0.3) is 0 Å². The highest BCUT2D eigenvalue weighted by Crippen LogP contribution is 2.29. The van der Waals surface area contributed by atoms with Crippen molar-refractivity contribution in [3.8, 4) is 5.75 Å². The fourth-order valence-electron chi connectivity index (χ4n) is 2.75. The number of carbonyl (C=O) groups excluding carboxylic acids is 1. The maximum atomic E-state index is 12.0. The first kappa shape index (κ1) is 17.2. The van der Waals surface area contributed by atoms with E-state index in [0.717, 1.165) is 25.9 Å². The van der Waals surface area contributed by atoms with Gasteiger partial charge in [0.1, 0.15) is 11.4 Å². The molecule has 2 rings (SSSR count). The number of ether oxygens (including phenoxy) is 2. The summed E-state index contributed by atoms with van der Waals surface area (Å²) >= 11 is 0. The Kier molecular flexibility index (Phi) is 5.54. The van der Waals surface area contributed by atoms with Gasteiger partial charge in [0.2, 0.25) is 0 Å². The minimum absolute atomic E-state index is 0.0779. The number of hydrogen-bond acceptors (Lipinski definition) is 6. The molecule has 0 unspecified atom stereocenters. The van der Waals surface area contributed by atoms with E-state index in [0.29, 0.717) is 5.92 Å². The highest BCUT2D eigenvalue weighted by Gasteiger charge is 2.34. The van der Waals surface area contributed by atoms with Crippen molar-refractivity contribution in [1.29, 1.82) is 0 Å². The molecule has 7 nitrogen and oxygen atoms in total. The summed E-state index contributed by atoms with van der Waals surface area (Å²) in [6.07, 6.45) is 1.93. The molecule has 0 amide bonds. The summed E-state index contributed by atoms with van der Waals surface area (Å²) < 4.78 is 10.9. The lowest BCUT2D eigenvalue weighted by Gasteiger charge is -2.36. The smallest absolute Gasteiger partial charge is 0.344 e. The first-order chi connectivity index (χ1) is 10.9. The van der Waals surface area contributed by atoms with Gasteiger partial charge in [0.25, 0.3) is 5.69 Å². The minimum atomic E-state index is -0.550. The second kappa shape index (κ2) is 7.41. The van der Waals surface area contributed by atoms with Gasteiger partial charge in [-0.05, 0) is 45.8 Å².